The van der Waals surface area contributed by atoms with Crippen LogP contribution in [0.25, 0.3) is 0 Å². The Morgan fingerprint density at radius 3 is 2.58 bits per heavy atom. The minimum absolute atomic E-state index is 0.149. The number of fused-ring (bicyclic) bond motifs is 1. The molecule has 0 spiro atoms. The monoisotopic (exact) mass is 267 g/mol. The predicted molar refractivity (Wildman–Crippen MR) is 68.0 cm³/mol. The quantitative estimate of drug-likeness (QED) is 0.709. The second-order valence-electron chi connectivity index (χ2n) is 5.52. The zero-order valence-corrected chi connectivity index (χ0v) is 11.2. The van der Waals surface area contributed by atoms with Gasteiger partial charge in [-0.15, -0.1) is 0 Å². The first kappa shape index (κ1) is 13.4. The van der Waals surface area contributed by atoms with Crippen LogP contribution in [0.5, 0.6) is 0 Å². The molecule has 0 saturated heterocycles. The molecule has 0 bridgehead atoms. The van der Waals surface area contributed by atoms with Crippen molar-refractivity contribution >= 4 is 6.09 Å². The van der Waals surface area contributed by atoms with Gasteiger partial charge in [0.1, 0.15) is 5.60 Å². The molecule has 2 N–H and O–H groups in total. The number of hydrogen-bond acceptors (Lipinski definition) is 4. The minimum atomic E-state index is -0.575. The molecule has 0 atom stereocenters. The van der Waals surface area contributed by atoms with Gasteiger partial charge in [-0.25, -0.2) is 9.59 Å². The Morgan fingerprint density at radius 1 is 1.26 bits per heavy atom. The number of amides is 1. The number of H-pyrrole nitrogens is 2. The van der Waals surface area contributed by atoms with Gasteiger partial charge in [-0.2, -0.15) is 0 Å². The average molecular weight is 267 g/mol. The number of nitrogens with one attached hydrogen (secondary N) is 2. The molecule has 1 amide bonds. The Balaban J connectivity index is 2.21. The van der Waals surface area contributed by atoms with E-state index in [0.717, 1.165) is 0 Å². The van der Waals surface area contributed by atoms with Gasteiger partial charge in [-0.3, -0.25) is 9.78 Å². The van der Waals surface area contributed by atoms with Crippen LogP contribution in [0.3, 0.4) is 0 Å². The zero-order chi connectivity index (χ0) is 14.2. The van der Waals surface area contributed by atoms with Gasteiger partial charge in [0.2, 0.25) is 0 Å². The molecule has 0 radical (unpaired) electrons. The van der Waals surface area contributed by atoms with E-state index in [1.807, 2.05) is 0 Å². The smallest absolute Gasteiger partial charge is 0.410 e. The molecule has 0 aromatic carbocycles. The highest BCUT2D eigenvalue weighted by molar-refractivity contribution is 5.68. The third kappa shape index (κ3) is 3.04. The van der Waals surface area contributed by atoms with Crippen LogP contribution >= 0.6 is 0 Å². The van der Waals surface area contributed by atoms with E-state index < -0.39 is 22.9 Å². The van der Waals surface area contributed by atoms with Crippen molar-refractivity contribution in [2.24, 2.45) is 0 Å². The van der Waals surface area contributed by atoms with Crippen molar-refractivity contribution in [1.82, 2.24) is 14.9 Å². The summed E-state index contributed by atoms with van der Waals surface area (Å²) >= 11 is 0. The molecule has 0 saturated carbocycles. The normalized spacial score (nSPS) is 15.0. The molecule has 2 heterocycles. The summed E-state index contributed by atoms with van der Waals surface area (Å²) in [6.07, 6.45) is -0.0166. The van der Waals surface area contributed by atoms with Gasteiger partial charge in [0, 0.05) is 18.7 Å². The van der Waals surface area contributed by atoms with Crippen molar-refractivity contribution in [3.63, 3.8) is 0 Å². The molecule has 19 heavy (non-hydrogen) atoms. The average Bonchev–Trinajstić information content (AvgIpc) is 2.25. The van der Waals surface area contributed by atoms with Crippen LogP contribution in [0.4, 0.5) is 4.79 Å². The Kier molecular flexibility index (Phi) is 3.21. The van der Waals surface area contributed by atoms with Gasteiger partial charge in [0.25, 0.3) is 5.56 Å². The van der Waals surface area contributed by atoms with Gasteiger partial charge in [0.15, 0.2) is 0 Å². The lowest BCUT2D eigenvalue weighted by atomic mass is 10.1. The van der Waals surface area contributed by atoms with E-state index in [1.54, 1.807) is 20.8 Å². The lowest BCUT2D eigenvalue weighted by molar-refractivity contribution is 0.0221. The van der Waals surface area contributed by atoms with Crippen LogP contribution in [-0.2, 0) is 17.7 Å². The van der Waals surface area contributed by atoms with Crippen molar-refractivity contribution in [1.29, 1.82) is 0 Å². The zero-order valence-electron chi connectivity index (χ0n) is 11.2. The fourth-order valence-electron chi connectivity index (χ4n) is 1.94. The number of carbonyl (C=O) groups is 1. The van der Waals surface area contributed by atoms with Gasteiger partial charge in [-0.05, 0) is 20.8 Å². The van der Waals surface area contributed by atoms with Crippen molar-refractivity contribution in [3.05, 3.63) is 32.1 Å². The molecular formula is C12H17N3O4. The predicted octanol–water partition coefficient (Wildman–Crippen LogP) is 0.356. The highest BCUT2D eigenvalue weighted by Gasteiger charge is 2.27. The summed E-state index contributed by atoms with van der Waals surface area (Å²) in [6.45, 7) is 5.92. The Labute approximate surface area is 109 Å². The van der Waals surface area contributed by atoms with E-state index in [1.165, 1.54) is 4.90 Å². The van der Waals surface area contributed by atoms with E-state index in [0.29, 0.717) is 24.2 Å². The number of nitrogens with zero attached hydrogens (tertiary/aromatic N) is 1. The summed E-state index contributed by atoms with van der Waals surface area (Å²) < 4.78 is 5.26. The Hall–Kier alpha value is -2.05. The Bertz CT molecular complexity index is 609. The topological polar surface area (TPSA) is 95.3 Å². The first-order chi connectivity index (χ1) is 8.76. The number of rotatable bonds is 0. The highest BCUT2D eigenvalue weighted by Crippen LogP contribution is 2.16. The molecule has 1 aliphatic rings. The number of aromatic nitrogens is 2. The summed E-state index contributed by atoms with van der Waals surface area (Å²) in [7, 11) is 0. The molecule has 7 heteroatoms. The van der Waals surface area contributed by atoms with Crippen LogP contribution in [0.15, 0.2) is 9.59 Å². The highest BCUT2D eigenvalue weighted by atomic mass is 16.6. The lowest BCUT2D eigenvalue weighted by Crippen LogP contribution is -2.43. The first-order valence-corrected chi connectivity index (χ1v) is 6.08. The van der Waals surface area contributed by atoms with Crippen molar-refractivity contribution < 1.29 is 9.53 Å². The maximum Gasteiger partial charge on any atom is 0.410 e. The fourth-order valence-corrected chi connectivity index (χ4v) is 1.94. The van der Waals surface area contributed by atoms with Crippen LogP contribution < -0.4 is 11.2 Å². The first-order valence-electron chi connectivity index (χ1n) is 6.08. The number of aromatic amines is 2. The molecule has 0 aliphatic carbocycles. The van der Waals surface area contributed by atoms with Crippen molar-refractivity contribution in [2.45, 2.75) is 39.3 Å². The molecule has 1 aromatic heterocycles. The number of hydrogen-bond donors (Lipinski definition) is 2. The van der Waals surface area contributed by atoms with Gasteiger partial charge in [-0.1, -0.05) is 0 Å². The van der Waals surface area contributed by atoms with Crippen LogP contribution in [-0.4, -0.2) is 33.1 Å². The van der Waals surface area contributed by atoms with Crippen LogP contribution in [0.2, 0.25) is 0 Å². The fraction of sp³-hybridized carbons (Fsp3) is 0.583. The van der Waals surface area contributed by atoms with E-state index in [-0.39, 0.29) is 6.54 Å². The van der Waals surface area contributed by atoms with Gasteiger partial charge < -0.3 is 14.6 Å². The number of carbonyl (C=O) groups excluding carboxylic acids is 1. The standard InChI is InChI=1S/C12H17N3O4/c1-12(2,3)19-11(18)15-5-4-8-7(6-15)9(16)14-10(17)13-8/h4-6H2,1-3H3,(H2,13,14,16,17). The van der Waals surface area contributed by atoms with Gasteiger partial charge in [0.05, 0.1) is 12.1 Å². The third-order valence-electron chi connectivity index (χ3n) is 2.76. The lowest BCUT2D eigenvalue weighted by Gasteiger charge is -2.30. The molecule has 1 aromatic rings. The van der Waals surface area contributed by atoms with Crippen molar-refractivity contribution in [3.8, 4) is 0 Å². The number of ether oxygens (including phenoxy) is 1. The van der Waals surface area contributed by atoms with Crippen molar-refractivity contribution in [2.75, 3.05) is 6.54 Å². The summed E-state index contributed by atoms with van der Waals surface area (Å²) in [5.74, 6) is 0. The van der Waals surface area contributed by atoms with E-state index >= 15 is 0 Å². The summed E-state index contributed by atoms with van der Waals surface area (Å²) in [4.78, 5) is 41.0. The minimum Gasteiger partial charge on any atom is -0.444 e. The molecule has 0 unspecified atom stereocenters. The van der Waals surface area contributed by atoms with E-state index in [2.05, 4.69) is 9.97 Å². The SMILES string of the molecule is CC(C)(C)OC(=O)N1CCc2[nH]c(=O)[nH]c(=O)c2C1. The summed E-state index contributed by atoms with van der Waals surface area (Å²) in [5.41, 5.74) is -0.541. The molecule has 2 rings (SSSR count). The molecule has 7 nitrogen and oxygen atoms in total. The Morgan fingerprint density at radius 2 is 1.95 bits per heavy atom. The van der Waals surface area contributed by atoms with E-state index in [4.69, 9.17) is 4.74 Å². The van der Waals surface area contributed by atoms with E-state index in [9.17, 15) is 14.4 Å². The second kappa shape index (κ2) is 4.56. The molecule has 104 valence electrons. The largest absolute Gasteiger partial charge is 0.444 e. The maximum absolute atomic E-state index is 11.9. The molecule has 0 fully saturated rings. The molecular weight excluding hydrogens is 250 g/mol. The summed E-state index contributed by atoms with van der Waals surface area (Å²) in [5, 5.41) is 0. The van der Waals surface area contributed by atoms with Crippen LogP contribution in [0.1, 0.15) is 32.0 Å². The summed E-state index contributed by atoms with van der Waals surface area (Å²) in [6, 6.07) is 0. The third-order valence-corrected chi connectivity index (χ3v) is 2.76. The van der Waals surface area contributed by atoms with Gasteiger partial charge >= 0.3 is 11.8 Å². The molecule has 1 aliphatic heterocycles. The maximum atomic E-state index is 11.9. The second-order valence-corrected chi connectivity index (χ2v) is 5.52. The van der Waals surface area contributed by atoms with Crippen LogP contribution in [0, 0.1) is 0 Å².